The summed E-state index contributed by atoms with van der Waals surface area (Å²) >= 11 is 0. The number of hydrogen-bond donors (Lipinski definition) is 3. The fraction of sp³-hybridized carbons (Fsp3) is 0.211. The van der Waals surface area contributed by atoms with E-state index in [9.17, 15) is 13.2 Å². The van der Waals surface area contributed by atoms with E-state index >= 15 is 0 Å². The number of carbonyl (C=O) groups excluding carboxylic acids is 1. The Morgan fingerprint density at radius 3 is 2.26 bits per heavy atom. The normalized spacial score (nSPS) is 10.9. The molecule has 146 valence electrons. The molecule has 0 saturated carbocycles. The summed E-state index contributed by atoms with van der Waals surface area (Å²) in [5, 5.41) is 1.47. The van der Waals surface area contributed by atoms with E-state index in [0.717, 1.165) is 29.3 Å². The molecule has 27 heavy (non-hydrogen) atoms. The van der Waals surface area contributed by atoms with E-state index in [0.29, 0.717) is 6.41 Å². The molecule has 2 aromatic carbocycles. The van der Waals surface area contributed by atoms with E-state index in [4.69, 9.17) is 10.6 Å². The van der Waals surface area contributed by atoms with Crippen LogP contribution in [0.15, 0.2) is 42.5 Å². The highest BCUT2D eigenvalue weighted by Crippen LogP contribution is 2.33. The zero-order chi connectivity index (χ0) is 20.4. The minimum Gasteiger partial charge on any atom is -0.314 e. The number of hydrogen-bond acceptors (Lipinski definition) is 4. The zero-order valence-electron chi connectivity index (χ0n) is 15.1. The lowest BCUT2D eigenvalue weighted by Gasteiger charge is -2.18. The lowest BCUT2D eigenvalue weighted by Crippen LogP contribution is -2.26. The largest absolute Gasteiger partial charge is 0.416 e. The predicted molar refractivity (Wildman–Crippen MR) is 102 cm³/mol. The molecule has 5 nitrogen and oxygen atoms in total. The third kappa shape index (κ3) is 6.43. The molecule has 0 unspecified atom stereocenters. The van der Waals surface area contributed by atoms with Crippen LogP contribution in [0.4, 0.5) is 18.9 Å². The molecule has 0 aromatic heterocycles. The topological polar surface area (TPSA) is 84.4 Å². The van der Waals surface area contributed by atoms with Crippen LogP contribution in [-0.2, 0) is 17.4 Å². The predicted octanol–water partition coefficient (Wildman–Crippen LogP) is 3.35. The van der Waals surface area contributed by atoms with Crippen molar-refractivity contribution in [1.29, 1.82) is 0 Å². The number of alkyl halides is 3. The van der Waals surface area contributed by atoms with Crippen molar-refractivity contribution in [2.75, 3.05) is 12.1 Å². The maximum Gasteiger partial charge on any atom is 0.416 e. The van der Waals surface area contributed by atoms with Crippen LogP contribution in [-0.4, -0.2) is 13.5 Å². The molecule has 5 N–H and O–H groups in total. The van der Waals surface area contributed by atoms with E-state index in [1.165, 1.54) is 23.2 Å². The molecule has 8 heteroatoms. The molecule has 1 amide bonds. The van der Waals surface area contributed by atoms with Gasteiger partial charge in [-0.3, -0.25) is 10.2 Å². The first-order chi connectivity index (χ1) is 12.8. The third-order valence-electron chi connectivity index (χ3n) is 3.70. The summed E-state index contributed by atoms with van der Waals surface area (Å²) in [6.45, 7) is 2.00. The highest BCUT2D eigenvalue weighted by molar-refractivity contribution is 5.79. The Hall–Kier alpha value is -2.84. The number of rotatable bonds is 5. The summed E-state index contributed by atoms with van der Waals surface area (Å²) in [7, 11) is 1.70. The summed E-state index contributed by atoms with van der Waals surface area (Å²) in [5.41, 5.74) is 3.87. The van der Waals surface area contributed by atoms with Gasteiger partial charge in [-0.05, 0) is 29.7 Å². The van der Waals surface area contributed by atoms with E-state index in [2.05, 4.69) is 5.84 Å². The van der Waals surface area contributed by atoms with E-state index in [-0.39, 0.29) is 5.56 Å². The number of nitrogens with one attached hydrogen (secondary N) is 1. The molecule has 0 spiro atoms. The summed E-state index contributed by atoms with van der Waals surface area (Å²) in [4.78, 5) is 8.94. The number of amides is 1. The van der Waals surface area contributed by atoms with Crippen molar-refractivity contribution in [3.05, 3.63) is 64.7 Å². The average molecular weight is 380 g/mol. The Kier molecular flexibility index (Phi) is 8.50. The number of benzene rings is 2. The molecule has 0 heterocycles. The quantitative estimate of drug-likeness (QED) is 0.244. The second kappa shape index (κ2) is 10.3. The number of nitrogens with zero attached hydrogens (tertiary/aromatic N) is 1. The number of anilines is 1. The molecule has 0 saturated heterocycles. The van der Waals surface area contributed by atoms with Gasteiger partial charge >= 0.3 is 6.18 Å². The van der Waals surface area contributed by atoms with Crippen molar-refractivity contribution in [3.63, 3.8) is 0 Å². The maximum atomic E-state index is 13.1. The number of aryl methyl sites for hydroxylation is 1. The minimum absolute atomic E-state index is 0.136. The van der Waals surface area contributed by atoms with Gasteiger partial charge in [-0.25, -0.2) is 11.7 Å². The molecular weight excluding hydrogens is 357 g/mol. The van der Waals surface area contributed by atoms with Crippen LogP contribution >= 0.6 is 0 Å². The van der Waals surface area contributed by atoms with Crippen LogP contribution in [0.25, 0.3) is 12.2 Å². The van der Waals surface area contributed by atoms with Gasteiger partial charge < -0.3 is 5.01 Å². The zero-order valence-corrected chi connectivity index (χ0v) is 15.1. The van der Waals surface area contributed by atoms with Gasteiger partial charge in [0, 0.05) is 12.6 Å². The number of hydrazine groups is 2. The van der Waals surface area contributed by atoms with Gasteiger partial charge in [0.2, 0.25) is 6.41 Å². The van der Waals surface area contributed by atoms with E-state index in [1.807, 2.05) is 25.1 Å². The van der Waals surface area contributed by atoms with Gasteiger partial charge in [-0.1, -0.05) is 49.4 Å². The first-order valence-electron chi connectivity index (χ1n) is 8.10. The molecule has 2 rings (SSSR count). The van der Waals surface area contributed by atoms with Gasteiger partial charge in [0.25, 0.3) is 0 Å². The van der Waals surface area contributed by atoms with Crippen molar-refractivity contribution in [2.24, 2.45) is 11.7 Å². The van der Waals surface area contributed by atoms with Crippen molar-refractivity contribution < 1.29 is 18.0 Å². The molecule has 0 aliphatic carbocycles. The van der Waals surface area contributed by atoms with Crippen molar-refractivity contribution in [1.82, 2.24) is 5.43 Å². The molecule has 0 radical (unpaired) electrons. The fourth-order valence-corrected chi connectivity index (χ4v) is 2.48. The smallest absolute Gasteiger partial charge is 0.314 e. The maximum absolute atomic E-state index is 13.1. The molecule has 0 bridgehead atoms. The first kappa shape index (κ1) is 22.2. The van der Waals surface area contributed by atoms with Crippen LogP contribution in [0.2, 0.25) is 0 Å². The lowest BCUT2D eigenvalue weighted by atomic mass is 10.00. The van der Waals surface area contributed by atoms with Gasteiger partial charge in [0.1, 0.15) is 0 Å². The summed E-state index contributed by atoms with van der Waals surface area (Å²) in [6.07, 6.45) is -0.0205. The highest BCUT2D eigenvalue weighted by Gasteiger charge is 2.32. The van der Waals surface area contributed by atoms with Gasteiger partial charge in [-0.15, -0.1) is 0 Å². The van der Waals surface area contributed by atoms with Crippen LogP contribution in [0, 0.1) is 0 Å². The minimum atomic E-state index is -4.38. The van der Waals surface area contributed by atoms with Crippen LogP contribution < -0.4 is 22.1 Å². The van der Waals surface area contributed by atoms with E-state index in [1.54, 1.807) is 24.6 Å². The first-order valence-corrected chi connectivity index (χ1v) is 8.10. The second-order valence-electron chi connectivity index (χ2n) is 5.52. The van der Waals surface area contributed by atoms with Crippen molar-refractivity contribution >= 4 is 24.2 Å². The molecule has 0 atom stereocenters. The molecule has 2 aromatic rings. The lowest BCUT2D eigenvalue weighted by molar-refractivity contribution is -0.137. The Labute approximate surface area is 156 Å². The number of nitrogens with two attached hydrogens (primary N) is 2. The Morgan fingerprint density at radius 2 is 1.74 bits per heavy atom. The monoisotopic (exact) mass is 380 g/mol. The fourth-order valence-electron chi connectivity index (χ4n) is 2.48. The summed E-state index contributed by atoms with van der Waals surface area (Å²) in [5.74, 6) is 10.2. The van der Waals surface area contributed by atoms with Gasteiger partial charge in [0.05, 0.1) is 11.3 Å². The highest BCUT2D eigenvalue weighted by atomic mass is 19.4. The summed E-state index contributed by atoms with van der Waals surface area (Å²) < 4.78 is 39.2. The molecule has 0 aliphatic heterocycles. The van der Waals surface area contributed by atoms with Crippen LogP contribution in [0.5, 0.6) is 0 Å². The summed E-state index contributed by atoms with van der Waals surface area (Å²) in [6, 6.07) is 11.2. The van der Waals surface area contributed by atoms with Crippen molar-refractivity contribution in [2.45, 2.75) is 19.5 Å². The second-order valence-corrected chi connectivity index (χ2v) is 5.52. The molecular formula is C19H23F3N4O. The molecule has 0 fully saturated rings. The Morgan fingerprint density at radius 1 is 1.11 bits per heavy atom. The van der Waals surface area contributed by atoms with Gasteiger partial charge in [0.15, 0.2) is 0 Å². The van der Waals surface area contributed by atoms with Gasteiger partial charge in [-0.2, -0.15) is 13.2 Å². The Balaban J connectivity index is 0.000000828. The Bertz CT molecular complexity index is 774. The SMILES string of the molecule is CCc1cccc(N(C)N)c1/C=C/c1ccccc1C(F)(F)F.NNC=O. The van der Waals surface area contributed by atoms with Crippen molar-refractivity contribution in [3.8, 4) is 0 Å². The van der Waals surface area contributed by atoms with Crippen LogP contribution in [0.1, 0.15) is 29.2 Å². The molecule has 0 aliphatic rings. The number of halogens is 3. The average Bonchev–Trinajstić information content (AvgIpc) is 2.65. The standard InChI is InChI=1S/C18H19F3N2.CH4N2O/c1-3-13-8-6-10-17(23(2)22)15(13)12-11-14-7-4-5-9-16(14)18(19,20)21;2-3-1-4/h4-12H,3,22H2,1-2H3;1H,2H2,(H,3,4)/b12-11+;. The third-order valence-corrected chi connectivity index (χ3v) is 3.70. The van der Waals surface area contributed by atoms with Crippen LogP contribution in [0.3, 0.4) is 0 Å². The van der Waals surface area contributed by atoms with E-state index < -0.39 is 11.7 Å². The number of carbonyl (C=O) groups is 1.